The first-order valence-electron chi connectivity index (χ1n) is 5.13. The summed E-state index contributed by atoms with van der Waals surface area (Å²) in [6.45, 7) is 0. The van der Waals surface area contributed by atoms with Gasteiger partial charge in [-0.3, -0.25) is 14.6 Å². The van der Waals surface area contributed by atoms with Crippen LogP contribution in [0.4, 0.5) is 0 Å². The molecule has 1 heterocycles. The maximum atomic E-state index is 12.0. The highest BCUT2D eigenvalue weighted by Crippen LogP contribution is 2.26. The largest absolute Gasteiger partial charge is 0.366 e. The van der Waals surface area contributed by atoms with Crippen LogP contribution in [0.1, 0.15) is 33.7 Å². The summed E-state index contributed by atoms with van der Waals surface area (Å²) in [7, 11) is 1.72. The van der Waals surface area contributed by atoms with E-state index in [1.807, 2.05) is 0 Å². The molecule has 0 unspecified atom stereocenters. The predicted octanol–water partition coefficient (Wildman–Crippen LogP) is 0.415. The Hall–Kier alpha value is -1.91. The summed E-state index contributed by atoms with van der Waals surface area (Å²) in [5.41, 5.74) is 5.52. The highest BCUT2D eigenvalue weighted by molar-refractivity contribution is 6.05. The third kappa shape index (κ3) is 1.88. The molecule has 2 N–H and O–H groups in total. The molecule has 5 heteroatoms. The summed E-state index contributed by atoms with van der Waals surface area (Å²) < 4.78 is 0. The van der Waals surface area contributed by atoms with Crippen LogP contribution >= 0.6 is 0 Å². The zero-order chi connectivity index (χ0) is 11.7. The summed E-state index contributed by atoms with van der Waals surface area (Å²) >= 11 is 0. The number of primary amides is 1. The second-order valence-electron chi connectivity index (χ2n) is 3.91. The Morgan fingerprint density at radius 1 is 1.50 bits per heavy atom. The first kappa shape index (κ1) is 10.6. The monoisotopic (exact) mass is 219 g/mol. The lowest BCUT2D eigenvalue weighted by Crippen LogP contribution is -2.31. The van der Waals surface area contributed by atoms with E-state index in [0.717, 1.165) is 12.8 Å². The zero-order valence-electron chi connectivity index (χ0n) is 9.01. The van der Waals surface area contributed by atoms with Crippen LogP contribution in [0.5, 0.6) is 0 Å². The second kappa shape index (κ2) is 3.92. The van der Waals surface area contributed by atoms with Crippen LogP contribution in [0.25, 0.3) is 0 Å². The maximum Gasteiger partial charge on any atom is 0.273 e. The number of nitrogens with zero attached hydrogens (tertiary/aromatic N) is 2. The van der Waals surface area contributed by atoms with E-state index in [9.17, 15) is 9.59 Å². The SMILES string of the molecule is CN(C(=O)c1ncccc1C(N)=O)C1CC1. The van der Waals surface area contributed by atoms with Crippen molar-refractivity contribution in [1.29, 1.82) is 0 Å². The Morgan fingerprint density at radius 2 is 2.19 bits per heavy atom. The van der Waals surface area contributed by atoms with Crippen molar-refractivity contribution in [3.8, 4) is 0 Å². The van der Waals surface area contributed by atoms with Crippen molar-refractivity contribution in [2.24, 2.45) is 5.73 Å². The molecule has 1 aliphatic rings. The first-order chi connectivity index (χ1) is 7.61. The van der Waals surface area contributed by atoms with Gasteiger partial charge >= 0.3 is 0 Å². The van der Waals surface area contributed by atoms with E-state index in [-0.39, 0.29) is 23.2 Å². The number of carbonyl (C=O) groups is 2. The van der Waals surface area contributed by atoms with Crippen LogP contribution in [0.2, 0.25) is 0 Å². The molecule has 16 heavy (non-hydrogen) atoms. The van der Waals surface area contributed by atoms with Crippen LogP contribution in [0, 0.1) is 0 Å². The Kier molecular flexibility index (Phi) is 2.60. The van der Waals surface area contributed by atoms with Gasteiger partial charge in [-0.2, -0.15) is 0 Å². The number of carbonyl (C=O) groups excluding carboxylic acids is 2. The lowest BCUT2D eigenvalue weighted by molar-refractivity contribution is 0.0773. The van der Waals surface area contributed by atoms with Crippen LogP contribution in [0.15, 0.2) is 18.3 Å². The van der Waals surface area contributed by atoms with Gasteiger partial charge in [0.15, 0.2) is 0 Å². The molecule has 0 aliphatic heterocycles. The summed E-state index contributed by atoms with van der Waals surface area (Å²) in [6, 6.07) is 3.40. The molecule has 84 valence electrons. The summed E-state index contributed by atoms with van der Waals surface area (Å²) in [5, 5.41) is 0. The minimum absolute atomic E-state index is 0.143. The van der Waals surface area contributed by atoms with Gasteiger partial charge in [0.25, 0.3) is 11.8 Å². The molecule has 0 bridgehead atoms. The van der Waals surface area contributed by atoms with Crippen molar-refractivity contribution in [3.63, 3.8) is 0 Å². The second-order valence-corrected chi connectivity index (χ2v) is 3.91. The highest BCUT2D eigenvalue weighted by atomic mass is 16.2. The van der Waals surface area contributed by atoms with E-state index in [1.54, 1.807) is 18.0 Å². The molecule has 5 nitrogen and oxygen atoms in total. The third-order valence-electron chi connectivity index (χ3n) is 2.69. The minimum atomic E-state index is -0.624. The van der Waals surface area contributed by atoms with Gasteiger partial charge < -0.3 is 10.6 Å². The number of rotatable bonds is 3. The van der Waals surface area contributed by atoms with Crippen molar-refractivity contribution in [2.45, 2.75) is 18.9 Å². The van der Waals surface area contributed by atoms with Crippen molar-refractivity contribution < 1.29 is 9.59 Å². The number of hydrogen-bond donors (Lipinski definition) is 1. The molecule has 0 atom stereocenters. The number of aromatic nitrogens is 1. The molecule has 0 radical (unpaired) electrons. The van der Waals surface area contributed by atoms with Gasteiger partial charge in [0, 0.05) is 19.3 Å². The molecule has 1 aromatic rings. The van der Waals surface area contributed by atoms with E-state index in [0.29, 0.717) is 0 Å². The summed E-state index contributed by atoms with van der Waals surface area (Å²) in [5.74, 6) is -0.863. The van der Waals surface area contributed by atoms with Gasteiger partial charge in [0.2, 0.25) is 0 Å². The molecule has 0 spiro atoms. The number of hydrogen-bond acceptors (Lipinski definition) is 3. The lowest BCUT2D eigenvalue weighted by Gasteiger charge is -2.16. The van der Waals surface area contributed by atoms with Gasteiger partial charge in [-0.05, 0) is 25.0 Å². The van der Waals surface area contributed by atoms with Crippen LogP contribution in [-0.2, 0) is 0 Å². The van der Waals surface area contributed by atoms with Crippen molar-refractivity contribution in [1.82, 2.24) is 9.88 Å². The average Bonchev–Trinajstić information content (AvgIpc) is 3.11. The molecule has 1 aliphatic carbocycles. The van der Waals surface area contributed by atoms with E-state index < -0.39 is 5.91 Å². The van der Waals surface area contributed by atoms with Gasteiger partial charge in [-0.15, -0.1) is 0 Å². The van der Waals surface area contributed by atoms with E-state index >= 15 is 0 Å². The Bertz CT molecular complexity index is 441. The number of pyridine rings is 1. The van der Waals surface area contributed by atoms with E-state index in [2.05, 4.69) is 4.98 Å². The molecule has 0 aromatic carbocycles. The van der Waals surface area contributed by atoms with Crippen LogP contribution < -0.4 is 5.73 Å². The van der Waals surface area contributed by atoms with E-state index in [1.165, 1.54) is 12.3 Å². The smallest absolute Gasteiger partial charge is 0.273 e. The van der Waals surface area contributed by atoms with Crippen LogP contribution in [-0.4, -0.2) is 34.8 Å². The topological polar surface area (TPSA) is 76.3 Å². The quantitative estimate of drug-likeness (QED) is 0.800. The summed E-state index contributed by atoms with van der Waals surface area (Å²) in [4.78, 5) is 28.7. The molecule has 2 rings (SSSR count). The predicted molar refractivity (Wildman–Crippen MR) is 57.9 cm³/mol. The lowest BCUT2D eigenvalue weighted by atomic mass is 10.1. The average molecular weight is 219 g/mol. The third-order valence-corrected chi connectivity index (χ3v) is 2.69. The fourth-order valence-electron chi connectivity index (χ4n) is 1.57. The molecular formula is C11H13N3O2. The Balaban J connectivity index is 2.31. The molecule has 1 fully saturated rings. The Morgan fingerprint density at radius 3 is 2.75 bits per heavy atom. The molecule has 2 amide bonds. The zero-order valence-corrected chi connectivity index (χ0v) is 9.01. The molecule has 1 aromatic heterocycles. The minimum Gasteiger partial charge on any atom is -0.366 e. The van der Waals surface area contributed by atoms with Crippen molar-refractivity contribution >= 4 is 11.8 Å². The fraction of sp³-hybridized carbons (Fsp3) is 0.364. The molecular weight excluding hydrogens is 206 g/mol. The Labute approximate surface area is 93.3 Å². The maximum absolute atomic E-state index is 12.0. The standard InChI is InChI=1S/C11H13N3O2/c1-14(7-4-5-7)11(16)9-8(10(12)15)3-2-6-13-9/h2-3,6-7H,4-5H2,1H3,(H2,12,15). The van der Waals surface area contributed by atoms with Crippen molar-refractivity contribution in [2.75, 3.05) is 7.05 Å². The molecule has 1 saturated carbocycles. The van der Waals surface area contributed by atoms with Gasteiger partial charge in [0.05, 0.1) is 5.56 Å². The fourth-order valence-corrected chi connectivity index (χ4v) is 1.57. The van der Waals surface area contributed by atoms with Crippen molar-refractivity contribution in [3.05, 3.63) is 29.6 Å². The van der Waals surface area contributed by atoms with Gasteiger partial charge in [-0.25, -0.2) is 0 Å². The summed E-state index contributed by atoms with van der Waals surface area (Å²) in [6.07, 6.45) is 3.52. The first-order valence-corrected chi connectivity index (χ1v) is 5.13. The highest BCUT2D eigenvalue weighted by Gasteiger charge is 2.31. The van der Waals surface area contributed by atoms with E-state index in [4.69, 9.17) is 5.73 Å². The number of amides is 2. The number of nitrogens with two attached hydrogens (primary N) is 1. The van der Waals surface area contributed by atoms with Crippen LogP contribution in [0.3, 0.4) is 0 Å². The normalized spacial score (nSPS) is 14.6. The molecule has 0 saturated heterocycles. The van der Waals surface area contributed by atoms with Gasteiger partial charge in [-0.1, -0.05) is 0 Å². The van der Waals surface area contributed by atoms with Gasteiger partial charge in [0.1, 0.15) is 5.69 Å².